The molecule has 2 aliphatic rings. The van der Waals surface area contributed by atoms with Gasteiger partial charge in [-0.15, -0.1) is 0 Å². The first-order valence-corrected chi connectivity index (χ1v) is 10.7. The fraction of sp³-hybridized carbons (Fsp3) is 0.292. The van der Waals surface area contributed by atoms with Gasteiger partial charge in [-0.25, -0.2) is 9.37 Å². The molecule has 1 aromatic carbocycles. The van der Waals surface area contributed by atoms with Crippen molar-refractivity contribution in [1.82, 2.24) is 15.0 Å². The van der Waals surface area contributed by atoms with E-state index in [0.717, 1.165) is 59.0 Å². The smallest absolute Gasteiger partial charge is 0.140 e. The van der Waals surface area contributed by atoms with Gasteiger partial charge in [0.2, 0.25) is 0 Å². The minimum absolute atomic E-state index is 0.160. The molecule has 1 spiro atoms. The summed E-state index contributed by atoms with van der Waals surface area (Å²) in [5, 5.41) is 14.1. The van der Waals surface area contributed by atoms with Crippen LogP contribution in [0.25, 0.3) is 33.1 Å². The highest BCUT2D eigenvalue weighted by Gasteiger charge is 2.55. The summed E-state index contributed by atoms with van der Waals surface area (Å²) in [5.41, 5.74) is 11.8. The predicted molar refractivity (Wildman–Crippen MR) is 123 cm³/mol. The summed E-state index contributed by atoms with van der Waals surface area (Å²) in [5.74, 6) is -0.311. The number of fused-ring (bicyclic) bond motifs is 3. The van der Waals surface area contributed by atoms with Crippen LogP contribution in [0, 0.1) is 22.6 Å². The van der Waals surface area contributed by atoms with Crippen molar-refractivity contribution in [2.24, 2.45) is 11.1 Å². The number of nitriles is 1. The Kier molecular flexibility index (Phi) is 3.95. The summed E-state index contributed by atoms with van der Waals surface area (Å²) < 4.78 is 14.6. The predicted octanol–water partition coefficient (Wildman–Crippen LogP) is 3.76. The lowest BCUT2D eigenvalue weighted by Gasteiger charge is -2.23. The van der Waals surface area contributed by atoms with E-state index in [-0.39, 0.29) is 17.3 Å². The molecule has 2 fully saturated rings. The number of hydrogen-bond acceptors (Lipinski definition) is 6. The molecular formula is C24H22FN7. The summed E-state index contributed by atoms with van der Waals surface area (Å²) in [7, 11) is 1.78. The molecule has 7 nitrogen and oxygen atoms in total. The van der Waals surface area contributed by atoms with Gasteiger partial charge in [-0.1, -0.05) is 0 Å². The molecule has 32 heavy (non-hydrogen) atoms. The number of halogens is 1. The van der Waals surface area contributed by atoms with E-state index in [1.165, 1.54) is 6.07 Å². The molecule has 1 aliphatic heterocycles. The molecule has 8 heteroatoms. The molecule has 0 radical (unpaired) electrons. The average molecular weight is 427 g/mol. The number of benzene rings is 1. The largest absolute Gasteiger partial charge is 0.386 e. The number of H-pyrrole nitrogens is 1. The first kappa shape index (κ1) is 19.0. The van der Waals surface area contributed by atoms with Crippen LogP contribution in [0.1, 0.15) is 18.4 Å². The van der Waals surface area contributed by atoms with E-state index in [9.17, 15) is 9.65 Å². The zero-order chi connectivity index (χ0) is 22.0. The van der Waals surface area contributed by atoms with Crippen LogP contribution in [0.15, 0.2) is 36.8 Å². The van der Waals surface area contributed by atoms with E-state index in [1.807, 2.05) is 12.3 Å². The molecule has 160 valence electrons. The molecule has 2 unspecified atom stereocenters. The van der Waals surface area contributed by atoms with E-state index in [4.69, 9.17) is 5.73 Å². The number of anilines is 2. The number of rotatable bonds is 3. The van der Waals surface area contributed by atoms with Crippen molar-refractivity contribution < 1.29 is 4.39 Å². The van der Waals surface area contributed by atoms with Crippen molar-refractivity contribution in [3.05, 3.63) is 48.2 Å². The first-order valence-electron chi connectivity index (χ1n) is 10.7. The number of nitrogens with zero attached hydrogens (tertiary/aromatic N) is 4. The highest BCUT2D eigenvalue weighted by Crippen LogP contribution is 2.54. The second-order valence-corrected chi connectivity index (χ2v) is 8.91. The highest BCUT2D eigenvalue weighted by atomic mass is 19.1. The number of aromatic amines is 1. The van der Waals surface area contributed by atoms with Crippen molar-refractivity contribution in [3.63, 3.8) is 0 Å². The molecule has 1 saturated heterocycles. The third-order valence-electron chi connectivity index (χ3n) is 7.07. The fourth-order valence-corrected chi connectivity index (χ4v) is 5.23. The molecule has 4 aromatic rings. The summed E-state index contributed by atoms with van der Waals surface area (Å²) in [6, 6.07) is 7.25. The topological polar surface area (TPSA) is 107 Å². The highest BCUT2D eigenvalue weighted by molar-refractivity contribution is 6.17. The van der Waals surface area contributed by atoms with Gasteiger partial charge in [0.25, 0.3) is 0 Å². The van der Waals surface area contributed by atoms with Gasteiger partial charge in [-0.3, -0.25) is 4.98 Å². The van der Waals surface area contributed by atoms with E-state index >= 15 is 0 Å². The zero-order valence-corrected chi connectivity index (χ0v) is 17.6. The normalized spacial score (nSPS) is 22.1. The maximum absolute atomic E-state index is 14.6. The maximum atomic E-state index is 14.6. The van der Waals surface area contributed by atoms with Gasteiger partial charge < -0.3 is 20.9 Å². The Bertz CT molecular complexity index is 1440. The SMILES string of the molecule is CNc1cc(F)cc2c1[nH]c1ncc(-c3cncc(C#N)c3)c(N3CCC4(CC4N)C3)c12. The number of aromatic nitrogens is 3. The van der Waals surface area contributed by atoms with E-state index < -0.39 is 0 Å². The second-order valence-electron chi connectivity index (χ2n) is 8.91. The lowest BCUT2D eigenvalue weighted by Crippen LogP contribution is -2.23. The van der Waals surface area contributed by atoms with Gasteiger partial charge >= 0.3 is 0 Å². The van der Waals surface area contributed by atoms with Crippen molar-refractivity contribution in [2.45, 2.75) is 18.9 Å². The molecule has 1 saturated carbocycles. The molecule has 0 amide bonds. The molecule has 6 rings (SSSR count). The second kappa shape index (κ2) is 6.65. The molecule has 0 bridgehead atoms. The lowest BCUT2D eigenvalue weighted by molar-refractivity contribution is 0.553. The van der Waals surface area contributed by atoms with Crippen LogP contribution in [0.4, 0.5) is 15.8 Å². The van der Waals surface area contributed by atoms with Gasteiger partial charge in [-0.05, 0) is 31.0 Å². The standard InChI is InChI=1S/C24H22FN7/c1-28-18-6-15(25)5-16-20-22(32-3-2-24(12-32)7-19(24)27)17(11-30-23(20)31-21(16)18)14-4-13(8-26)9-29-10-14/h4-6,9-11,19,28H,2-3,7,12,27H2,1H3,(H,30,31). The fourth-order valence-electron chi connectivity index (χ4n) is 5.23. The molecule has 4 heterocycles. The van der Waals surface area contributed by atoms with Crippen molar-refractivity contribution in [1.29, 1.82) is 5.26 Å². The number of hydrogen-bond donors (Lipinski definition) is 3. The lowest BCUT2D eigenvalue weighted by atomic mass is 10.0. The maximum Gasteiger partial charge on any atom is 0.140 e. The Morgan fingerprint density at radius 1 is 1.31 bits per heavy atom. The zero-order valence-electron chi connectivity index (χ0n) is 17.6. The average Bonchev–Trinajstić information content (AvgIpc) is 3.13. The summed E-state index contributed by atoms with van der Waals surface area (Å²) in [4.78, 5) is 14.7. The van der Waals surface area contributed by atoms with Crippen LogP contribution < -0.4 is 16.0 Å². The Balaban J connectivity index is 1.66. The summed E-state index contributed by atoms with van der Waals surface area (Å²) >= 11 is 0. The van der Waals surface area contributed by atoms with Gasteiger partial charge in [0.05, 0.1) is 27.8 Å². The van der Waals surface area contributed by atoms with E-state index in [2.05, 4.69) is 31.2 Å². The quantitative estimate of drug-likeness (QED) is 0.460. The van der Waals surface area contributed by atoms with Crippen LogP contribution in [0.2, 0.25) is 0 Å². The number of pyridine rings is 2. The van der Waals surface area contributed by atoms with Crippen molar-refractivity contribution >= 4 is 33.3 Å². The monoisotopic (exact) mass is 427 g/mol. The Morgan fingerprint density at radius 2 is 2.16 bits per heavy atom. The van der Waals surface area contributed by atoms with E-state index in [1.54, 1.807) is 25.5 Å². The Morgan fingerprint density at radius 3 is 2.88 bits per heavy atom. The van der Waals surface area contributed by atoms with Gasteiger partial charge in [0.1, 0.15) is 17.5 Å². The summed E-state index contributed by atoms with van der Waals surface area (Å²) in [6.45, 7) is 1.72. The Labute approximate surface area is 184 Å². The molecule has 4 N–H and O–H groups in total. The van der Waals surface area contributed by atoms with Gasteiger partial charge in [0.15, 0.2) is 0 Å². The minimum atomic E-state index is -0.311. The third kappa shape index (κ3) is 2.68. The van der Waals surface area contributed by atoms with Crippen LogP contribution in [-0.4, -0.2) is 41.1 Å². The molecule has 2 atom stereocenters. The minimum Gasteiger partial charge on any atom is -0.386 e. The van der Waals surface area contributed by atoms with Gasteiger partial charge in [-0.2, -0.15) is 5.26 Å². The van der Waals surface area contributed by atoms with Gasteiger partial charge in [0, 0.05) is 66.7 Å². The third-order valence-corrected chi connectivity index (χ3v) is 7.07. The van der Waals surface area contributed by atoms with Crippen molar-refractivity contribution in [3.8, 4) is 17.2 Å². The van der Waals surface area contributed by atoms with E-state index in [0.29, 0.717) is 16.9 Å². The van der Waals surface area contributed by atoms with Crippen molar-refractivity contribution in [2.75, 3.05) is 30.4 Å². The van der Waals surface area contributed by atoms with Crippen LogP contribution >= 0.6 is 0 Å². The van der Waals surface area contributed by atoms with Crippen LogP contribution in [-0.2, 0) is 0 Å². The number of nitrogens with two attached hydrogens (primary N) is 1. The summed E-state index contributed by atoms with van der Waals surface area (Å²) in [6.07, 6.45) is 7.18. The first-order chi connectivity index (χ1) is 15.5. The molecular weight excluding hydrogens is 405 g/mol. The molecule has 3 aromatic heterocycles. The number of nitrogens with one attached hydrogen (secondary N) is 2. The molecule has 1 aliphatic carbocycles. The Hall–Kier alpha value is -3.70. The van der Waals surface area contributed by atoms with Crippen LogP contribution in [0.5, 0.6) is 0 Å². The van der Waals surface area contributed by atoms with Crippen LogP contribution in [0.3, 0.4) is 0 Å².